The van der Waals surface area contributed by atoms with E-state index >= 15 is 0 Å². The van der Waals surface area contributed by atoms with E-state index in [2.05, 4.69) is 15.6 Å². The largest absolute Gasteiger partial charge is 0.487 e. The fraction of sp³-hybridized carbons (Fsp3) is 0.182. The number of carbonyl (C=O) groups is 4. The van der Waals surface area contributed by atoms with E-state index < -0.39 is 24.4 Å². The first kappa shape index (κ1) is 33.8. The van der Waals surface area contributed by atoms with Crippen LogP contribution in [0.2, 0.25) is 10.0 Å². The minimum atomic E-state index is -1.11. The molecule has 0 unspecified atom stereocenters. The Balaban J connectivity index is 1.42. The van der Waals surface area contributed by atoms with Crippen LogP contribution in [0.5, 0.6) is 11.5 Å². The number of aryl methyl sites for hydroxylation is 1. The number of fused-ring (bicyclic) bond motifs is 1. The lowest BCUT2D eigenvalue weighted by atomic mass is 10.1. The summed E-state index contributed by atoms with van der Waals surface area (Å²) in [6.07, 6.45) is 2.86. The zero-order valence-electron chi connectivity index (χ0n) is 25.1. The Kier molecular flexibility index (Phi) is 11.2. The van der Waals surface area contributed by atoms with Gasteiger partial charge in [-0.2, -0.15) is 0 Å². The van der Waals surface area contributed by atoms with Crippen molar-refractivity contribution in [3.05, 3.63) is 99.2 Å². The molecule has 4 aromatic rings. The SMILES string of the molecule is CNC(=O)c1ccc(C=CC(=O)NCC(=O)N(C)c2ccc(Cl)c(COc3cccc4c(OCC(=O)O)cc(C)nc34)c2Cl)cc1. The molecule has 13 heteroatoms. The molecule has 3 amide bonds. The standard InChI is InChI=1S/C33H30Cl2N4O7/c1-19-15-27(46-18-30(42)43)22-5-4-6-26(32(22)38-19)45-17-23-24(34)12-13-25(31(23)35)39(3)29(41)16-37-28(40)14-9-20-7-10-21(11-8-20)33(44)36-2/h4-15H,16-18H2,1-3H3,(H,36,44)(H,37,40)(H,42,43). The molecule has 0 fully saturated rings. The molecule has 0 spiro atoms. The Labute approximate surface area is 274 Å². The van der Waals surface area contributed by atoms with Crippen molar-refractivity contribution >= 4 is 69.6 Å². The van der Waals surface area contributed by atoms with Crippen molar-refractivity contribution in [3.8, 4) is 11.5 Å². The van der Waals surface area contributed by atoms with Crippen LogP contribution in [0.1, 0.15) is 27.2 Å². The van der Waals surface area contributed by atoms with Gasteiger partial charge in [-0.15, -0.1) is 0 Å². The van der Waals surface area contributed by atoms with Crippen LogP contribution in [0.3, 0.4) is 0 Å². The maximum atomic E-state index is 13.0. The van der Waals surface area contributed by atoms with Crippen molar-refractivity contribution in [2.24, 2.45) is 0 Å². The molecule has 0 radical (unpaired) electrons. The molecular weight excluding hydrogens is 635 g/mol. The van der Waals surface area contributed by atoms with Gasteiger partial charge in [0, 0.05) is 53.5 Å². The molecule has 3 aromatic carbocycles. The van der Waals surface area contributed by atoms with Gasteiger partial charge in [-0.3, -0.25) is 14.4 Å². The van der Waals surface area contributed by atoms with Crippen LogP contribution in [-0.2, 0) is 21.0 Å². The number of carbonyl (C=O) groups excluding carboxylic acids is 3. The molecule has 0 bridgehead atoms. The Bertz CT molecular complexity index is 1830. The summed E-state index contributed by atoms with van der Waals surface area (Å²) >= 11 is 13.2. The Morgan fingerprint density at radius 2 is 1.74 bits per heavy atom. The van der Waals surface area contributed by atoms with Gasteiger partial charge < -0.3 is 30.1 Å². The van der Waals surface area contributed by atoms with Crippen LogP contribution in [0, 0.1) is 6.92 Å². The van der Waals surface area contributed by atoms with E-state index in [0.717, 1.165) is 0 Å². The molecule has 1 heterocycles. The van der Waals surface area contributed by atoms with Crippen molar-refractivity contribution in [2.45, 2.75) is 13.5 Å². The van der Waals surface area contributed by atoms with Gasteiger partial charge in [-0.25, -0.2) is 9.78 Å². The summed E-state index contributed by atoms with van der Waals surface area (Å²) in [6.45, 7) is 0.873. The first-order chi connectivity index (χ1) is 22.0. The van der Waals surface area contributed by atoms with Crippen LogP contribution >= 0.6 is 23.2 Å². The summed E-state index contributed by atoms with van der Waals surface area (Å²) in [5, 5.41) is 15.2. The predicted octanol–water partition coefficient (Wildman–Crippen LogP) is 5.04. The van der Waals surface area contributed by atoms with E-state index in [1.54, 1.807) is 80.7 Å². The average molecular weight is 666 g/mol. The van der Waals surface area contributed by atoms with Crippen molar-refractivity contribution in [1.29, 1.82) is 0 Å². The first-order valence-corrected chi connectivity index (χ1v) is 14.6. The smallest absolute Gasteiger partial charge is 0.341 e. The summed E-state index contributed by atoms with van der Waals surface area (Å²) in [7, 11) is 3.06. The van der Waals surface area contributed by atoms with Crippen molar-refractivity contribution in [1.82, 2.24) is 15.6 Å². The number of hydrogen-bond acceptors (Lipinski definition) is 7. The molecule has 3 N–H and O–H groups in total. The maximum Gasteiger partial charge on any atom is 0.341 e. The second-order valence-corrected chi connectivity index (χ2v) is 10.7. The van der Waals surface area contributed by atoms with E-state index in [9.17, 15) is 19.2 Å². The van der Waals surface area contributed by atoms with E-state index in [4.69, 9.17) is 37.8 Å². The molecule has 11 nitrogen and oxygen atoms in total. The summed E-state index contributed by atoms with van der Waals surface area (Å²) in [4.78, 5) is 53.9. The highest BCUT2D eigenvalue weighted by atomic mass is 35.5. The third kappa shape index (κ3) is 8.32. The quantitative estimate of drug-likeness (QED) is 0.178. The van der Waals surface area contributed by atoms with Crippen molar-refractivity contribution in [3.63, 3.8) is 0 Å². The number of halogens is 2. The summed E-state index contributed by atoms with van der Waals surface area (Å²) in [5.41, 5.74) is 3.03. The number of nitrogens with one attached hydrogen (secondary N) is 2. The topological polar surface area (TPSA) is 147 Å². The Morgan fingerprint density at radius 3 is 2.43 bits per heavy atom. The number of nitrogens with zero attached hydrogens (tertiary/aromatic N) is 2. The summed E-state index contributed by atoms with van der Waals surface area (Å²) in [6, 6.07) is 16.7. The number of carboxylic acid groups (broad SMARTS) is 1. The third-order valence-corrected chi connectivity index (χ3v) is 7.53. The molecule has 0 aliphatic rings. The number of pyridine rings is 1. The van der Waals surface area contributed by atoms with E-state index in [1.165, 1.54) is 18.0 Å². The van der Waals surface area contributed by atoms with Gasteiger partial charge in [0.25, 0.3) is 5.91 Å². The zero-order valence-corrected chi connectivity index (χ0v) is 26.6. The molecule has 1 aromatic heterocycles. The van der Waals surface area contributed by atoms with E-state index in [1.807, 2.05) is 0 Å². The number of benzene rings is 3. The van der Waals surface area contributed by atoms with Gasteiger partial charge in [0.2, 0.25) is 11.8 Å². The van der Waals surface area contributed by atoms with Gasteiger partial charge in [0.1, 0.15) is 23.6 Å². The van der Waals surface area contributed by atoms with Crippen LogP contribution < -0.4 is 25.0 Å². The molecule has 238 valence electrons. The van der Waals surface area contributed by atoms with Crippen LogP contribution in [0.15, 0.2) is 66.7 Å². The zero-order chi connectivity index (χ0) is 33.4. The number of aromatic nitrogens is 1. The molecular formula is C33H30Cl2N4O7. The molecule has 46 heavy (non-hydrogen) atoms. The number of carboxylic acids is 1. The van der Waals surface area contributed by atoms with Gasteiger partial charge >= 0.3 is 5.97 Å². The minimum Gasteiger partial charge on any atom is -0.487 e. The monoisotopic (exact) mass is 664 g/mol. The second-order valence-electron chi connectivity index (χ2n) is 9.95. The third-order valence-electron chi connectivity index (χ3n) is 6.76. The maximum absolute atomic E-state index is 13.0. The van der Waals surface area contributed by atoms with Crippen LogP contribution in [0.25, 0.3) is 17.0 Å². The van der Waals surface area contributed by atoms with Crippen molar-refractivity contribution < 1.29 is 33.8 Å². The molecule has 4 rings (SSSR count). The van der Waals surface area contributed by atoms with E-state index in [0.29, 0.717) is 55.5 Å². The lowest BCUT2D eigenvalue weighted by Crippen LogP contribution is -2.37. The molecule has 0 saturated heterocycles. The molecule has 0 saturated carbocycles. The molecule has 0 atom stereocenters. The van der Waals surface area contributed by atoms with Gasteiger partial charge in [0.15, 0.2) is 6.61 Å². The lowest BCUT2D eigenvalue weighted by molar-refractivity contribution is -0.139. The second kappa shape index (κ2) is 15.2. The molecule has 0 aliphatic heterocycles. The van der Waals surface area contributed by atoms with Crippen LogP contribution in [-0.4, -0.2) is 61.0 Å². The highest BCUT2D eigenvalue weighted by Gasteiger charge is 2.20. The fourth-order valence-corrected chi connectivity index (χ4v) is 4.96. The fourth-order valence-electron chi connectivity index (χ4n) is 4.35. The highest BCUT2D eigenvalue weighted by Crippen LogP contribution is 2.36. The average Bonchev–Trinajstić information content (AvgIpc) is 3.04. The Hall–Kier alpha value is -5.13. The minimum absolute atomic E-state index is 0.0702. The summed E-state index contributed by atoms with van der Waals surface area (Å²) in [5.74, 6) is -1.49. The number of amides is 3. The van der Waals surface area contributed by atoms with Crippen LogP contribution in [0.4, 0.5) is 5.69 Å². The molecule has 0 aliphatic carbocycles. The number of ether oxygens (including phenoxy) is 2. The number of anilines is 1. The number of para-hydroxylation sites is 1. The highest BCUT2D eigenvalue weighted by molar-refractivity contribution is 6.38. The first-order valence-electron chi connectivity index (χ1n) is 13.9. The lowest BCUT2D eigenvalue weighted by Gasteiger charge is -2.21. The van der Waals surface area contributed by atoms with Gasteiger partial charge in [-0.1, -0.05) is 41.4 Å². The number of hydrogen-bond donors (Lipinski definition) is 3. The van der Waals surface area contributed by atoms with Gasteiger partial charge in [-0.05, 0) is 55.0 Å². The summed E-state index contributed by atoms with van der Waals surface area (Å²) < 4.78 is 11.5. The number of aliphatic carboxylic acids is 1. The van der Waals surface area contributed by atoms with Gasteiger partial charge in [0.05, 0.1) is 17.3 Å². The predicted molar refractivity (Wildman–Crippen MR) is 176 cm³/mol. The normalized spacial score (nSPS) is 10.9. The number of likely N-dealkylation sites (N-methyl/N-ethyl adjacent to an activating group) is 1. The van der Waals surface area contributed by atoms with E-state index in [-0.39, 0.29) is 24.1 Å². The number of rotatable bonds is 12. The van der Waals surface area contributed by atoms with Crippen molar-refractivity contribution in [2.75, 3.05) is 32.1 Å². The Morgan fingerprint density at radius 1 is 1.00 bits per heavy atom.